The van der Waals surface area contributed by atoms with Crippen LogP contribution < -0.4 is 5.32 Å². The van der Waals surface area contributed by atoms with Crippen LogP contribution in [0.5, 0.6) is 0 Å². The molecule has 0 unspecified atom stereocenters. The number of aryl methyl sites for hydroxylation is 1. The number of thiazole rings is 1. The molecule has 0 aliphatic rings. The van der Waals surface area contributed by atoms with Crippen molar-refractivity contribution in [2.45, 2.75) is 19.0 Å². The number of hydrogen-bond donors (Lipinski definition) is 1. The molecular formula is C15H12F4N4OS. The Kier molecular flexibility index (Phi) is 4.98. The molecule has 25 heavy (non-hydrogen) atoms. The minimum atomic E-state index is -4.43. The molecule has 132 valence electrons. The summed E-state index contributed by atoms with van der Waals surface area (Å²) < 4.78 is 55.3. The van der Waals surface area contributed by atoms with E-state index in [2.05, 4.69) is 20.4 Å². The first-order chi connectivity index (χ1) is 11.9. The molecule has 0 fully saturated rings. The fourth-order valence-electron chi connectivity index (χ4n) is 1.99. The normalized spacial score (nSPS) is 11.7. The SMILES string of the molecule is Fc1ccc(-c2noc(CCCNc3nc(C(F)(F)F)cs3)n2)cc1. The molecular weight excluding hydrogens is 360 g/mol. The zero-order valence-corrected chi connectivity index (χ0v) is 13.5. The van der Waals surface area contributed by atoms with Crippen molar-refractivity contribution in [3.63, 3.8) is 0 Å². The zero-order chi connectivity index (χ0) is 17.9. The Morgan fingerprint density at radius 2 is 1.88 bits per heavy atom. The maximum Gasteiger partial charge on any atom is 0.434 e. The number of anilines is 1. The molecule has 0 saturated heterocycles. The number of alkyl halides is 3. The smallest absolute Gasteiger partial charge is 0.361 e. The minimum absolute atomic E-state index is 0.213. The van der Waals surface area contributed by atoms with Gasteiger partial charge < -0.3 is 9.84 Å². The molecule has 0 saturated carbocycles. The standard InChI is InChI=1S/C15H12F4N4OS/c16-10-5-3-9(4-6-10)13-22-12(24-23-13)2-1-7-20-14-21-11(8-25-14)15(17,18)19/h3-6,8H,1-2,7H2,(H,20,21). The maximum atomic E-state index is 12.9. The second kappa shape index (κ2) is 7.18. The highest BCUT2D eigenvalue weighted by molar-refractivity contribution is 7.13. The van der Waals surface area contributed by atoms with Gasteiger partial charge >= 0.3 is 6.18 Å². The second-order valence-corrected chi connectivity index (χ2v) is 5.94. The van der Waals surface area contributed by atoms with E-state index in [1.807, 2.05) is 0 Å². The quantitative estimate of drug-likeness (QED) is 0.513. The summed E-state index contributed by atoms with van der Waals surface area (Å²) >= 11 is 0.901. The van der Waals surface area contributed by atoms with E-state index in [4.69, 9.17) is 4.52 Å². The van der Waals surface area contributed by atoms with E-state index >= 15 is 0 Å². The molecule has 3 rings (SSSR count). The van der Waals surface area contributed by atoms with Crippen LogP contribution in [0.1, 0.15) is 18.0 Å². The van der Waals surface area contributed by atoms with Gasteiger partial charge in [0.15, 0.2) is 10.8 Å². The van der Waals surface area contributed by atoms with E-state index in [0.29, 0.717) is 36.7 Å². The highest BCUT2D eigenvalue weighted by atomic mass is 32.1. The largest absolute Gasteiger partial charge is 0.434 e. The van der Waals surface area contributed by atoms with Crippen LogP contribution in [0, 0.1) is 5.82 Å². The molecule has 0 radical (unpaired) electrons. The summed E-state index contributed by atoms with van der Waals surface area (Å²) in [6.07, 6.45) is -3.40. The summed E-state index contributed by atoms with van der Waals surface area (Å²) in [5.74, 6) is 0.406. The van der Waals surface area contributed by atoms with Crippen LogP contribution in [0.4, 0.5) is 22.7 Å². The third kappa shape index (κ3) is 4.53. The first-order valence-electron chi connectivity index (χ1n) is 7.27. The molecule has 2 aromatic heterocycles. The number of nitrogens with zero attached hydrogens (tertiary/aromatic N) is 3. The van der Waals surface area contributed by atoms with Crippen molar-refractivity contribution in [3.8, 4) is 11.4 Å². The fourth-order valence-corrected chi connectivity index (χ4v) is 2.74. The molecule has 5 nitrogen and oxygen atoms in total. The number of halogens is 4. The summed E-state index contributed by atoms with van der Waals surface area (Å²) in [5.41, 5.74) is -0.266. The monoisotopic (exact) mass is 372 g/mol. The van der Waals surface area contributed by atoms with E-state index in [1.54, 1.807) is 12.1 Å². The summed E-state index contributed by atoms with van der Waals surface area (Å²) in [6.45, 7) is 0.416. The lowest BCUT2D eigenvalue weighted by molar-refractivity contribution is -0.140. The van der Waals surface area contributed by atoms with E-state index in [-0.39, 0.29) is 10.9 Å². The average Bonchev–Trinajstić information content (AvgIpc) is 3.21. The fraction of sp³-hybridized carbons (Fsp3) is 0.267. The van der Waals surface area contributed by atoms with Crippen molar-refractivity contribution < 1.29 is 22.1 Å². The van der Waals surface area contributed by atoms with Gasteiger partial charge in [0.05, 0.1) is 0 Å². The zero-order valence-electron chi connectivity index (χ0n) is 12.7. The van der Waals surface area contributed by atoms with Gasteiger partial charge in [0.1, 0.15) is 5.82 Å². The second-order valence-electron chi connectivity index (χ2n) is 5.08. The molecule has 0 amide bonds. The van der Waals surface area contributed by atoms with Crippen LogP contribution >= 0.6 is 11.3 Å². The lowest BCUT2D eigenvalue weighted by Gasteiger charge is -2.01. The Labute approximate surface area is 143 Å². The first kappa shape index (κ1) is 17.3. The van der Waals surface area contributed by atoms with Gasteiger partial charge in [-0.3, -0.25) is 0 Å². The Bertz CT molecular complexity index is 829. The van der Waals surface area contributed by atoms with Crippen molar-refractivity contribution in [1.29, 1.82) is 0 Å². The predicted molar refractivity (Wildman–Crippen MR) is 83.6 cm³/mol. The van der Waals surface area contributed by atoms with Gasteiger partial charge in [0, 0.05) is 23.9 Å². The summed E-state index contributed by atoms with van der Waals surface area (Å²) in [4.78, 5) is 7.68. The molecule has 0 aliphatic carbocycles. The summed E-state index contributed by atoms with van der Waals surface area (Å²) in [7, 11) is 0. The molecule has 0 aliphatic heterocycles. The Hall–Kier alpha value is -2.49. The molecule has 10 heteroatoms. The van der Waals surface area contributed by atoms with E-state index in [9.17, 15) is 17.6 Å². The molecule has 1 aromatic carbocycles. The van der Waals surface area contributed by atoms with E-state index < -0.39 is 11.9 Å². The van der Waals surface area contributed by atoms with Crippen LogP contribution in [0.3, 0.4) is 0 Å². The van der Waals surface area contributed by atoms with Gasteiger partial charge in [-0.15, -0.1) is 11.3 Å². The van der Waals surface area contributed by atoms with E-state index in [1.165, 1.54) is 12.1 Å². The van der Waals surface area contributed by atoms with Crippen LogP contribution in [-0.4, -0.2) is 21.7 Å². The van der Waals surface area contributed by atoms with E-state index in [0.717, 1.165) is 16.7 Å². The highest BCUT2D eigenvalue weighted by Crippen LogP contribution is 2.31. The van der Waals surface area contributed by atoms with Crippen LogP contribution in [-0.2, 0) is 12.6 Å². The van der Waals surface area contributed by atoms with Gasteiger partial charge in [-0.2, -0.15) is 18.2 Å². The summed E-state index contributed by atoms with van der Waals surface area (Å²) in [5, 5.41) is 7.83. The third-order valence-corrected chi connectivity index (χ3v) is 4.01. The Morgan fingerprint density at radius 3 is 2.56 bits per heavy atom. The van der Waals surface area contributed by atoms with Gasteiger partial charge in [0.25, 0.3) is 0 Å². The first-order valence-corrected chi connectivity index (χ1v) is 8.15. The van der Waals surface area contributed by atoms with Crippen LogP contribution in [0.15, 0.2) is 34.2 Å². The maximum absolute atomic E-state index is 12.9. The number of nitrogens with one attached hydrogen (secondary N) is 1. The van der Waals surface area contributed by atoms with Gasteiger partial charge in [0.2, 0.25) is 11.7 Å². The average molecular weight is 372 g/mol. The summed E-state index contributed by atoms with van der Waals surface area (Å²) in [6, 6.07) is 5.70. The number of benzene rings is 1. The van der Waals surface area contributed by atoms with Crippen molar-refractivity contribution in [2.75, 3.05) is 11.9 Å². The van der Waals surface area contributed by atoms with Crippen molar-refractivity contribution in [1.82, 2.24) is 15.1 Å². The van der Waals surface area contributed by atoms with Crippen LogP contribution in [0.2, 0.25) is 0 Å². The molecule has 0 spiro atoms. The van der Waals surface area contributed by atoms with Crippen molar-refractivity contribution in [2.24, 2.45) is 0 Å². The number of aromatic nitrogens is 3. The van der Waals surface area contributed by atoms with Gasteiger partial charge in [-0.1, -0.05) is 5.16 Å². The predicted octanol–water partition coefficient (Wildman–Crippen LogP) is 4.40. The molecule has 0 atom stereocenters. The molecule has 3 aromatic rings. The molecule has 0 bridgehead atoms. The van der Waals surface area contributed by atoms with Crippen molar-refractivity contribution in [3.05, 3.63) is 47.0 Å². The lowest BCUT2D eigenvalue weighted by atomic mass is 10.2. The minimum Gasteiger partial charge on any atom is -0.361 e. The lowest BCUT2D eigenvalue weighted by Crippen LogP contribution is -2.07. The highest BCUT2D eigenvalue weighted by Gasteiger charge is 2.33. The van der Waals surface area contributed by atoms with Crippen molar-refractivity contribution >= 4 is 16.5 Å². The van der Waals surface area contributed by atoms with Gasteiger partial charge in [-0.25, -0.2) is 9.37 Å². The van der Waals surface area contributed by atoms with Gasteiger partial charge in [-0.05, 0) is 30.7 Å². The third-order valence-electron chi connectivity index (χ3n) is 3.21. The number of hydrogen-bond acceptors (Lipinski definition) is 6. The topological polar surface area (TPSA) is 63.8 Å². The molecule has 2 heterocycles. The molecule has 1 N–H and O–H groups in total. The Balaban J connectivity index is 1.48. The van der Waals surface area contributed by atoms with Crippen LogP contribution in [0.25, 0.3) is 11.4 Å². The Morgan fingerprint density at radius 1 is 1.12 bits per heavy atom. The number of rotatable bonds is 6.